The van der Waals surface area contributed by atoms with E-state index in [-0.39, 0.29) is 0 Å². The van der Waals surface area contributed by atoms with Crippen LogP contribution in [0.5, 0.6) is 11.5 Å². The van der Waals surface area contributed by atoms with E-state index in [0.29, 0.717) is 11.8 Å². The van der Waals surface area contributed by atoms with Gasteiger partial charge in [-0.3, -0.25) is 4.57 Å². The van der Waals surface area contributed by atoms with Crippen LogP contribution in [0.25, 0.3) is 44.4 Å². The van der Waals surface area contributed by atoms with Crippen LogP contribution >= 0.6 is 0 Å². The fraction of sp³-hybridized carbons (Fsp3) is 0.333. The number of para-hydroxylation sites is 1. The molecule has 0 amide bonds. The van der Waals surface area contributed by atoms with Crippen molar-refractivity contribution in [3.63, 3.8) is 0 Å². The maximum Gasteiger partial charge on any atom is 0.137 e. The van der Waals surface area contributed by atoms with Crippen molar-refractivity contribution in [2.45, 2.75) is 104 Å². The Bertz CT molecular complexity index is 2410. The van der Waals surface area contributed by atoms with Crippen molar-refractivity contribution in [1.82, 2.24) is 19.3 Å². The summed E-state index contributed by atoms with van der Waals surface area (Å²) in [4.78, 5) is 4.76. The lowest BCUT2D eigenvalue weighted by molar-refractivity contribution is 0.435. The largest absolute Gasteiger partial charge is 0.457 e. The van der Waals surface area contributed by atoms with Gasteiger partial charge in [-0.05, 0) is 147 Å². The van der Waals surface area contributed by atoms with Crippen LogP contribution in [0.15, 0.2) is 97.5 Å². The van der Waals surface area contributed by atoms with Crippen molar-refractivity contribution < 1.29 is 4.74 Å². The third kappa shape index (κ3) is 6.34. The van der Waals surface area contributed by atoms with Crippen LogP contribution in [0.1, 0.15) is 109 Å². The highest BCUT2D eigenvalue weighted by Gasteiger charge is 2.29. The highest BCUT2D eigenvalue weighted by atomic mass is 16.5. The Hall–Kier alpha value is -5.16. The van der Waals surface area contributed by atoms with Crippen molar-refractivity contribution in [2.75, 3.05) is 0 Å². The molecular weight excluding hydrogens is 649 g/mol. The molecule has 5 nitrogen and oxygen atoms in total. The summed E-state index contributed by atoms with van der Waals surface area (Å²) < 4.78 is 11.0. The second-order valence-corrected chi connectivity index (χ2v) is 15.9. The zero-order chi connectivity index (χ0) is 36.1. The summed E-state index contributed by atoms with van der Waals surface area (Å²) in [7, 11) is 0. The number of hydrogen-bond donors (Lipinski definition) is 0. The van der Waals surface area contributed by atoms with E-state index in [4.69, 9.17) is 14.8 Å². The van der Waals surface area contributed by atoms with E-state index >= 15 is 0 Å². The molecule has 2 aliphatic rings. The Balaban J connectivity index is 1.10. The number of nitrogens with zero attached hydrogens (tertiary/aromatic N) is 4. The van der Waals surface area contributed by atoms with Gasteiger partial charge in [-0.1, -0.05) is 62.8 Å². The van der Waals surface area contributed by atoms with Gasteiger partial charge in [0.25, 0.3) is 0 Å². The number of ether oxygens (including phenoxy) is 1. The van der Waals surface area contributed by atoms with Gasteiger partial charge in [-0.25, -0.2) is 9.67 Å². The fourth-order valence-electron chi connectivity index (χ4n) is 9.72. The van der Waals surface area contributed by atoms with Crippen molar-refractivity contribution in [2.24, 2.45) is 0 Å². The summed E-state index contributed by atoms with van der Waals surface area (Å²) in [6.45, 7) is 8.96. The first-order valence-corrected chi connectivity index (χ1v) is 19.9. The predicted molar refractivity (Wildman–Crippen MR) is 218 cm³/mol. The molecule has 0 unspecified atom stereocenters. The maximum atomic E-state index is 6.69. The molecule has 0 atom stereocenters. The molecule has 9 rings (SSSR count). The molecule has 0 spiro atoms. The van der Waals surface area contributed by atoms with Crippen LogP contribution in [0.3, 0.4) is 0 Å². The lowest BCUT2D eigenvalue weighted by Gasteiger charge is -2.32. The molecule has 0 aliphatic heterocycles. The minimum Gasteiger partial charge on any atom is -0.457 e. The van der Waals surface area contributed by atoms with Crippen LogP contribution in [-0.4, -0.2) is 19.3 Å². The van der Waals surface area contributed by atoms with Gasteiger partial charge in [0.05, 0.1) is 22.9 Å². The second-order valence-electron chi connectivity index (χ2n) is 15.9. The van der Waals surface area contributed by atoms with Gasteiger partial charge in [0.15, 0.2) is 0 Å². The van der Waals surface area contributed by atoms with Gasteiger partial charge in [0.1, 0.15) is 17.3 Å². The minimum atomic E-state index is 0.627. The average molecular weight is 699 g/mol. The zero-order valence-electron chi connectivity index (χ0n) is 31.7. The first-order chi connectivity index (χ1) is 25.9. The Morgan fingerprint density at radius 2 is 1.32 bits per heavy atom. The molecule has 2 fully saturated rings. The zero-order valence-corrected chi connectivity index (χ0v) is 31.7. The van der Waals surface area contributed by atoms with Crippen molar-refractivity contribution >= 4 is 21.8 Å². The van der Waals surface area contributed by atoms with Crippen molar-refractivity contribution in [3.05, 3.63) is 131 Å². The third-order valence-corrected chi connectivity index (χ3v) is 12.0. The van der Waals surface area contributed by atoms with E-state index in [1.807, 2.05) is 12.3 Å². The van der Waals surface area contributed by atoms with Crippen LogP contribution in [0.2, 0.25) is 0 Å². The number of fused-ring (bicyclic) bond motifs is 3. The minimum absolute atomic E-state index is 0.627. The van der Waals surface area contributed by atoms with Crippen LogP contribution in [0, 0.1) is 27.7 Å². The molecule has 0 radical (unpaired) electrons. The van der Waals surface area contributed by atoms with Gasteiger partial charge in [0.2, 0.25) is 0 Å². The van der Waals surface area contributed by atoms with E-state index in [0.717, 1.165) is 39.6 Å². The highest BCUT2D eigenvalue weighted by molar-refractivity contribution is 6.09. The fourth-order valence-corrected chi connectivity index (χ4v) is 9.72. The molecule has 0 saturated heterocycles. The predicted octanol–water partition coefficient (Wildman–Crippen LogP) is 13.2. The summed E-state index contributed by atoms with van der Waals surface area (Å²) in [6, 6.07) is 28.1. The quantitative estimate of drug-likeness (QED) is 0.166. The summed E-state index contributed by atoms with van der Waals surface area (Å²) in [5.41, 5.74) is 14.4. The molecule has 4 aromatic carbocycles. The molecule has 3 aromatic heterocycles. The van der Waals surface area contributed by atoms with Crippen LogP contribution in [-0.2, 0) is 0 Å². The molecule has 2 saturated carbocycles. The van der Waals surface area contributed by atoms with Crippen molar-refractivity contribution in [3.8, 4) is 34.1 Å². The van der Waals surface area contributed by atoms with Crippen molar-refractivity contribution in [1.29, 1.82) is 0 Å². The second kappa shape index (κ2) is 14.0. The van der Waals surface area contributed by atoms with Crippen LogP contribution in [0.4, 0.5) is 0 Å². The molecule has 0 N–H and O–H groups in total. The Kier molecular flexibility index (Phi) is 8.89. The molecule has 3 heterocycles. The molecule has 2 aliphatic carbocycles. The van der Waals surface area contributed by atoms with Gasteiger partial charge in [0, 0.05) is 40.9 Å². The molecule has 0 bridgehead atoms. The number of pyridine rings is 1. The SMILES string of the molecule is Cc1cc(Oc2ccc3c4ccccc4n(-c4cc(C)ccn4)c3c2)cc(-n2cc(-c3c(C4CCCCC4)c(C)cc(C)c3C3CCCCC3)cn2)c1. The van der Waals surface area contributed by atoms with E-state index in [1.54, 1.807) is 11.1 Å². The lowest BCUT2D eigenvalue weighted by Crippen LogP contribution is -2.14. The summed E-state index contributed by atoms with van der Waals surface area (Å²) >= 11 is 0. The van der Waals surface area contributed by atoms with Crippen LogP contribution < -0.4 is 4.74 Å². The number of rotatable bonds is 7. The molecular formula is C48H50N4O. The lowest BCUT2D eigenvalue weighted by atomic mass is 9.72. The molecule has 53 heavy (non-hydrogen) atoms. The normalized spacial score (nSPS) is 15.8. The molecule has 268 valence electrons. The van der Waals surface area contributed by atoms with E-state index < -0.39 is 0 Å². The first-order valence-electron chi connectivity index (χ1n) is 19.9. The monoisotopic (exact) mass is 698 g/mol. The Labute approximate surface area is 313 Å². The maximum absolute atomic E-state index is 6.69. The third-order valence-electron chi connectivity index (χ3n) is 12.0. The number of aromatic nitrogens is 4. The van der Waals surface area contributed by atoms with Gasteiger partial charge >= 0.3 is 0 Å². The van der Waals surface area contributed by atoms with E-state index in [9.17, 15) is 0 Å². The van der Waals surface area contributed by atoms with Gasteiger partial charge < -0.3 is 4.74 Å². The number of hydrogen-bond acceptors (Lipinski definition) is 3. The Morgan fingerprint density at radius 3 is 2.04 bits per heavy atom. The topological polar surface area (TPSA) is 44.9 Å². The number of aryl methyl sites for hydroxylation is 4. The standard InChI is InChI=1S/C48H50N4O/c1-31-21-22-49-45(25-31)52-43-18-12-11-17-41(43)42-20-19-39(28-44(42)52)53-40-24-32(2)23-38(27-40)51-30-37(29-50-51)48-46(35-13-7-5-8-14-35)33(3)26-34(4)47(48)36-15-9-6-10-16-36/h11-12,17-30,35-36H,5-10,13-16H2,1-4H3. The van der Waals surface area contributed by atoms with E-state index in [1.165, 1.54) is 103 Å². The van der Waals surface area contributed by atoms with E-state index in [2.05, 4.69) is 122 Å². The summed E-state index contributed by atoms with van der Waals surface area (Å²) in [5, 5.41) is 7.43. The molecule has 5 heteroatoms. The molecule has 7 aromatic rings. The summed E-state index contributed by atoms with van der Waals surface area (Å²) in [5.74, 6) is 3.74. The summed E-state index contributed by atoms with van der Waals surface area (Å²) in [6.07, 6.45) is 19.5. The Morgan fingerprint density at radius 1 is 0.623 bits per heavy atom. The highest BCUT2D eigenvalue weighted by Crippen LogP contribution is 2.47. The smallest absolute Gasteiger partial charge is 0.137 e. The number of benzene rings is 4. The van der Waals surface area contributed by atoms with Gasteiger partial charge in [-0.15, -0.1) is 0 Å². The van der Waals surface area contributed by atoms with Gasteiger partial charge in [-0.2, -0.15) is 5.10 Å². The average Bonchev–Trinajstić information content (AvgIpc) is 3.78. The first kappa shape index (κ1) is 33.7.